The zero-order valence-corrected chi connectivity index (χ0v) is 17.7. The minimum Gasteiger partial charge on any atom is -0.321 e. The molecule has 0 spiro atoms. The molecule has 1 heterocycles. The largest absolute Gasteiger partial charge is 0.321 e. The van der Waals surface area contributed by atoms with Crippen molar-refractivity contribution >= 4 is 23.2 Å². The Balaban J connectivity index is 1.84. The minimum absolute atomic E-state index is 0.200. The van der Waals surface area contributed by atoms with Gasteiger partial charge in [-0.1, -0.05) is 64.1 Å². The molecule has 1 N–H and O–H groups in total. The summed E-state index contributed by atoms with van der Waals surface area (Å²) in [5.74, 6) is 0.955. The number of hydrogen-bond donors (Lipinski definition) is 1. The molecule has 0 atom stereocenters. The average molecular weight is 389 g/mol. The topological polar surface area (TPSA) is 58.1 Å². The van der Waals surface area contributed by atoms with E-state index in [4.69, 9.17) is 0 Å². The summed E-state index contributed by atoms with van der Waals surface area (Å²) in [4.78, 5) is 23.6. The van der Waals surface area contributed by atoms with Crippen molar-refractivity contribution in [2.75, 3.05) is 17.3 Å². The van der Waals surface area contributed by atoms with Crippen molar-refractivity contribution in [3.8, 4) is 0 Å². The van der Waals surface area contributed by atoms with E-state index in [0.717, 1.165) is 22.5 Å². The Hall–Kier alpha value is -3.21. The molecule has 0 unspecified atom stereocenters. The van der Waals surface area contributed by atoms with Crippen molar-refractivity contribution in [1.82, 2.24) is 9.97 Å². The van der Waals surface area contributed by atoms with Gasteiger partial charge in [-0.2, -0.15) is 0 Å². The molecule has 29 heavy (non-hydrogen) atoms. The van der Waals surface area contributed by atoms with Crippen molar-refractivity contribution in [1.29, 1.82) is 0 Å². The minimum atomic E-state index is -0.200. The number of para-hydroxylation sites is 2. The van der Waals surface area contributed by atoms with Gasteiger partial charge in [-0.15, -0.1) is 0 Å². The zero-order chi connectivity index (χ0) is 21.0. The monoisotopic (exact) mass is 388 g/mol. The van der Waals surface area contributed by atoms with Gasteiger partial charge in [0.15, 0.2) is 0 Å². The van der Waals surface area contributed by atoms with Crippen LogP contribution in [-0.2, 0) is 0 Å². The third-order valence-corrected chi connectivity index (χ3v) is 4.96. The summed E-state index contributed by atoms with van der Waals surface area (Å²) < 4.78 is 0. The number of aromatic nitrogens is 2. The predicted molar refractivity (Wildman–Crippen MR) is 119 cm³/mol. The van der Waals surface area contributed by atoms with Crippen molar-refractivity contribution in [2.24, 2.45) is 0 Å². The molecule has 150 valence electrons. The van der Waals surface area contributed by atoms with E-state index >= 15 is 0 Å². The van der Waals surface area contributed by atoms with Crippen LogP contribution in [0.15, 0.2) is 60.9 Å². The maximum absolute atomic E-state index is 12.9. The number of hydrogen-bond acceptors (Lipinski definition) is 4. The molecule has 1 aromatic heterocycles. The van der Waals surface area contributed by atoms with Crippen molar-refractivity contribution in [2.45, 2.75) is 39.5 Å². The smallest absolute Gasteiger partial charge is 0.258 e. The molecule has 0 fully saturated rings. The predicted octanol–water partition coefficient (Wildman–Crippen LogP) is 5.74. The highest BCUT2D eigenvalue weighted by molar-refractivity contribution is 6.04. The Kier molecular flexibility index (Phi) is 6.27. The molecular weight excluding hydrogens is 360 g/mol. The van der Waals surface area contributed by atoms with Gasteiger partial charge in [0.25, 0.3) is 5.91 Å². The molecule has 0 saturated carbocycles. The van der Waals surface area contributed by atoms with E-state index in [-0.39, 0.29) is 5.91 Å². The van der Waals surface area contributed by atoms with Gasteiger partial charge in [0, 0.05) is 30.8 Å². The highest BCUT2D eigenvalue weighted by Crippen LogP contribution is 2.32. The summed E-state index contributed by atoms with van der Waals surface area (Å²) in [6, 6.07) is 16.1. The lowest BCUT2D eigenvalue weighted by Gasteiger charge is -2.20. The molecule has 0 aliphatic carbocycles. The van der Waals surface area contributed by atoms with Crippen molar-refractivity contribution in [3.63, 3.8) is 0 Å². The molecule has 5 nitrogen and oxygen atoms in total. The van der Waals surface area contributed by atoms with Gasteiger partial charge in [0.1, 0.15) is 0 Å². The summed E-state index contributed by atoms with van der Waals surface area (Å²) in [5, 5.41) is 3.11. The molecule has 0 saturated heterocycles. The van der Waals surface area contributed by atoms with Crippen molar-refractivity contribution in [3.05, 3.63) is 77.6 Å². The maximum Gasteiger partial charge on any atom is 0.258 e. The lowest BCUT2D eigenvalue weighted by atomic mass is 9.92. The normalized spacial score (nSPS) is 11.0. The third-order valence-electron chi connectivity index (χ3n) is 4.96. The van der Waals surface area contributed by atoms with Crippen LogP contribution in [0.3, 0.4) is 0 Å². The second-order valence-corrected chi connectivity index (χ2v) is 7.74. The van der Waals surface area contributed by atoms with Crippen LogP contribution in [0.2, 0.25) is 0 Å². The quantitative estimate of drug-likeness (QED) is 0.585. The molecule has 3 rings (SSSR count). The van der Waals surface area contributed by atoms with E-state index in [1.54, 1.807) is 12.4 Å². The van der Waals surface area contributed by atoms with Crippen LogP contribution >= 0.6 is 0 Å². The highest BCUT2D eigenvalue weighted by Gasteiger charge is 2.17. The van der Waals surface area contributed by atoms with Crippen LogP contribution in [0.25, 0.3) is 0 Å². The SMILES string of the molecule is CC(C)c1cccc(C(C)C)c1NC(=O)c1cnc(N(C)c2ccccc2)nc1. The van der Waals surface area contributed by atoms with Crippen LogP contribution in [0, 0.1) is 0 Å². The fraction of sp³-hybridized carbons (Fsp3) is 0.292. The van der Waals surface area contributed by atoms with E-state index in [1.807, 2.05) is 42.3 Å². The number of amides is 1. The van der Waals surface area contributed by atoms with E-state index < -0.39 is 0 Å². The molecule has 0 aliphatic heterocycles. The molecule has 2 aromatic carbocycles. The first-order chi connectivity index (χ1) is 13.9. The Labute approximate surface area is 172 Å². The number of carbonyl (C=O) groups excluding carboxylic acids is 1. The molecular formula is C24H28N4O. The summed E-state index contributed by atoms with van der Waals surface area (Å²) in [6.45, 7) is 8.53. The summed E-state index contributed by atoms with van der Waals surface area (Å²) in [5.41, 5.74) is 4.57. The first-order valence-electron chi connectivity index (χ1n) is 9.93. The lowest BCUT2D eigenvalue weighted by molar-refractivity contribution is 0.102. The average Bonchev–Trinajstić information content (AvgIpc) is 2.73. The van der Waals surface area contributed by atoms with Crippen LogP contribution in [0.1, 0.15) is 61.0 Å². The van der Waals surface area contributed by atoms with Crippen LogP contribution in [0.5, 0.6) is 0 Å². The van der Waals surface area contributed by atoms with Gasteiger partial charge in [0.05, 0.1) is 5.56 Å². The number of rotatable bonds is 6. The number of nitrogens with zero attached hydrogens (tertiary/aromatic N) is 3. The molecule has 0 aliphatic rings. The highest BCUT2D eigenvalue weighted by atomic mass is 16.1. The molecule has 3 aromatic rings. The summed E-state index contributed by atoms with van der Waals surface area (Å²) in [6.07, 6.45) is 3.15. The van der Waals surface area contributed by atoms with Crippen molar-refractivity contribution < 1.29 is 4.79 Å². The third kappa shape index (κ3) is 4.62. The van der Waals surface area contributed by atoms with Gasteiger partial charge in [-0.05, 0) is 35.1 Å². The Morgan fingerprint density at radius 2 is 1.41 bits per heavy atom. The van der Waals surface area contributed by atoms with Crippen LogP contribution in [0.4, 0.5) is 17.3 Å². The van der Waals surface area contributed by atoms with Gasteiger partial charge >= 0.3 is 0 Å². The fourth-order valence-electron chi connectivity index (χ4n) is 3.26. The van der Waals surface area contributed by atoms with E-state index in [0.29, 0.717) is 23.3 Å². The molecule has 0 radical (unpaired) electrons. The Morgan fingerprint density at radius 1 is 0.862 bits per heavy atom. The maximum atomic E-state index is 12.9. The zero-order valence-electron chi connectivity index (χ0n) is 17.7. The van der Waals surface area contributed by atoms with Crippen LogP contribution < -0.4 is 10.2 Å². The standard InChI is InChI=1S/C24H28N4O/c1-16(2)20-12-9-13-21(17(3)4)22(20)27-23(29)18-14-25-24(26-15-18)28(5)19-10-7-6-8-11-19/h6-17H,1-5H3,(H,27,29). The van der Waals surface area contributed by atoms with Gasteiger partial charge in [0.2, 0.25) is 5.95 Å². The first-order valence-corrected chi connectivity index (χ1v) is 9.93. The Bertz CT molecular complexity index is 940. The van der Waals surface area contributed by atoms with Crippen LogP contribution in [-0.4, -0.2) is 22.9 Å². The summed E-state index contributed by atoms with van der Waals surface area (Å²) >= 11 is 0. The lowest BCUT2D eigenvalue weighted by Crippen LogP contribution is -2.18. The molecule has 5 heteroatoms. The number of nitrogens with one attached hydrogen (secondary N) is 1. The van der Waals surface area contributed by atoms with E-state index in [2.05, 4.69) is 61.2 Å². The second kappa shape index (κ2) is 8.86. The van der Waals surface area contributed by atoms with Gasteiger partial charge in [-0.25, -0.2) is 9.97 Å². The molecule has 0 bridgehead atoms. The Morgan fingerprint density at radius 3 is 1.93 bits per heavy atom. The number of benzene rings is 2. The van der Waals surface area contributed by atoms with E-state index in [9.17, 15) is 4.79 Å². The second-order valence-electron chi connectivity index (χ2n) is 7.74. The fourth-order valence-corrected chi connectivity index (χ4v) is 3.26. The first kappa shape index (κ1) is 20.5. The number of anilines is 3. The summed E-state index contributed by atoms with van der Waals surface area (Å²) in [7, 11) is 1.90. The van der Waals surface area contributed by atoms with Gasteiger partial charge < -0.3 is 10.2 Å². The van der Waals surface area contributed by atoms with E-state index in [1.165, 1.54) is 0 Å². The van der Waals surface area contributed by atoms with Gasteiger partial charge in [-0.3, -0.25) is 4.79 Å². The number of carbonyl (C=O) groups is 1. The molecule has 1 amide bonds.